The van der Waals surface area contributed by atoms with Crippen LogP contribution in [0.4, 0.5) is 0 Å². The third kappa shape index (κ3) is 8.60. The molecule has 1 aliphatic rings. The van der Waals surface area contributed by atoms with Crippen LogP contribution in [0.15, 0.2) is 23.2 Å². The lowest BCUT2D eigenvalue weighted by atomic mass is 10.1. The highest BCUT2D eigenvalue weighted by atomic mass is 16.5. The minimum absolute atomic E-state index is 0.346. The first-order chi connectivity index (χ1) is 13.9. The molecule has 1 unspecified atom stereocenters. The van der Waals surface area contributed by atoms with Crippen LogP contribution in [-0.4, -0.2) is 80.7 Å². The molecule has 0 bridgehead atoms. The van der Waals surface area contributed by atoms with Crippen LogP contribution >= 0.6 is 0 Å². The molecule has 1 aliphatic heterocycles. The minimum Gasteiger partial charge on any atom is -0.493 e. The fourth-order valence-corrected chi connectivity index (χ4v) is 3.36. The Kier molecular flexibility index (Phi) is 9.70. The summed E-state index contributed by atoms with van der Waals surface area (Å²) in [5.74, 6) is 1.70. The number of ether oxygens (including phenoxy) is 2. The highest BCUT2D eigenvalue weighted by Gasteiger charge is 2.25. The Morgan fingerprint density at radius 3 is 2.59 bits per heavy atom. The van der Waals surface area contributed by atoms with E-state index in [2.05, 4.69) is 46.5 Å². The average Bonchev–Trinajstić information content (AvgIpc) is 2.68. The molecule has 1 aromatic rings. The maximum atomic E-state index is 10.7. The summed E-state index contributed by atoms with van der Waals surface area (Å²) in [4.78, 5) is 6.81. The van der Waals surface area contributed by atoms with Crippen LogP contribution in [0.1, 0.15) is 31.4 Å². The second-order valence-corrected chi connectivity index (χ2v) is 7.93. The SMILES string of the molecule is CCNC(=NCC(C)(O)CN1CCOCC1)NCCCOc1c(C)cccc1C. The van der Waals surface area contributed by atoms with E-state index in [1.54, 1.807) is 0 Å². The van der Waals surface area contributed by atoms with Crippen LogP contribution in [-0.2, 0) is 4.74 Å². The monoisotopic (exact) mass is 406 g/mol. The second-order valence-electron chi connectivity index (χ2n) is 7.93. The van der Waals surface area contributed by atoms with Crippen LogP contribution in [0.3, 0.4) is 0 Å². The molecular formula is C22H38N4O3. The first kappa shape index (κ1) is 23.4. The van der Waals surface area contributed by atoms with E-state index in [9.17, 15) is 5.11 Å². The first-order valence-electron chi connectivity index (χ1n) is 10.6. The first-order valence-corrected chi connectivity index (χ1v) is 10.6. The number of hydrogen-bond acceptors (Lipinski definition) is 5. The van der Waals surface area contributed by atoms with Crippen molar-refractivity contribution in [2.45, 2.75) is 39.7 Å². The molecule has 1 fully saturated rings. The van der Waals surface area contributed by atoms with Gasteiger partial charge in [-0.2, -0.15) is 0 Å². The predicted molar refractivity (Wildman–Crippen MR) is 118 cm³/mol. The summed E-state index contributed by atoms with van der Waals surface area (Å²) < 4.78 is 11.3. The van der Waals surface area contributed by atoms with E-state index >= 15 is 0 Å². The molecule has 1 saturated heterocycles. The van der Waals surface area contributed by atoms with Crippen molar-refractivity contribution in [1.82, 2.24) is 15.5 Å². The number of nitrogens with one attached hydrogen (secondary N) is 2. The summed E-state index contributed by atoms with van der Waals surface area (Å²) >= 11 is 0. The summed E-state index contributed by atoms with van der Waals surface area (Å²) in [5, 5.41) is 17.3. The van der Waals surface area contributed by atoms with Gasteiger partial charge in [-0.05, 0) is 45.2 Å². The van der Waals surface area contributed by atoms with Gasteiger partial charge in [-0.15, -0.1) is 0 Å². The predicted octanol–water partition coefficient (Wildman–Crippen LogP) is 1.71. The molecule has 1 heterocycles. The quantitative estimate of drug-likeness (QED) is 0.312. The summed E-state index contributed by atoms with van der Waals surface area (Å²) in [7, 11) is 0. The number of para-hydroxylation sites is 1. The van der Waals surface area contributed by atoms with Gasteiger partial charge in [0, 0.05) is 32.7 Å². The van der Waals surface area contributed by atoms with Crippen molar-refractivity contribution < 1.29 is 14.6 Å². The number of benzene rings is 1. The Balaban J connectivity index is 1.75. The molecule has 0 spiro atoms. The van der Waals surface area contributed by atoms with Crippen molar-refractivity contribution in [3.05, 3.63) is 29.3 Å². The maximum Gasteiger partial charge on any atom is 0.191 e. The van der Waals surface area contributed by atoms with Crippen molar-refractivity contribution in [3.63, 3.8) is 0 Å². The highest BCUT2D eigenvalue weighted by molar-refractivity contribution is 5.79. The third-order valence-corrected chi connectivity index (χ3v) is 4.86. The Morgan fingerprint density at radius 2 is 1.93 bits per heavy atom. The molecule has 0 aliphatic carbocycles. The van der Waals surface area contributed by atoms with Crippen LogP contribution in [0.5, 0.6) is 5.75 Å². The molecule has 7 nitrogen and oxygen atoms in total. The zero-order valence-electron chi connectivity index (χ0n) is 18.5. The molecule has 1 aromatic carbocycles. The molecule has 29 heavy (non-hydrogen) atoms. The molecule has 7 heteroatoms. The van der Waals surface area contributed by atoms with Crippen LogP contribution < -0.4 is 15.4 Å². The summed E-state index contributed by atoms with van der Waals surface area (Å²) in [6.45, 7) is 14.3. The number of hydrogen-bond donors (Lipinski definition) is 3. The fourth-order valence-electron chi connectivity index (χ4n) is 3.36. The van der Waals surface area contributed by atoms with Gasteiger partial charge in [-0.1, -0.05) is 18.2 Å². The van der Waals surface area contributed by atoms with Crippen molar-refractivity contribution in [2.75, 3.05) is 59.1 Å². The van der Waals surface area contributed by atoms with Crippen molar-refractivity contribution >= 4 is 5.96 Å². The molecule has 0 radical (unpaired) electrons. The topological polar surface area (TPSA) is 78.4 Å². The van der Waals surface area contributed by atoms with E-state index in [-0.39, 0.29) is 0 Å². The van der Waals surface area contributed by atoms with Crippen molar-refractivity contribution in [2.24, 2.45) is 4.99 Å². The smallest absolute Gasteiger partial charge is 0.191 e. The number of aliphatic imine (C=N–C) groups is 1. The number of aliphatic hydroxyl groups is 1. The van der Waals surface area contributed by atoms with Crippen LogP contribution in [0.25, 0.3) is 0 Å². The van der Waals surface area contributed by atoms with Crippen molar-refractivity contribution in [3.8, 4) is 5.75 Å². The lowest BCUT2D eigenvalue weighted by molar-refractivity contribution is -0.0180. The third-order valence-electron chi connectivity index (χ3n) is 4.86. The van der Waals surface area contributed by atoms with Gasteiger partial charge in [0.2, 0.25) is 0 Å². The van der Waals surface area contributed by atoms with Gasteiger partial charge in [0.25, 0.3) is 0 Å². The minimum atomic E-state index is -0.870. The molecule has 3 N–H and O–H groups in total. The van der Waals surface area contributed by atoms with Gasteiger partial charge >= 0.3 is 0 Å². The number of aryl methyl sites for hydroxylation is 2. The largest absolute Gasteiger partial charge is 0.493 e. The Morgan fingerprint density at radius 1 is 1.24 bits per heavy atom. The molecule has 0 aromatic heterocycles. The average molecular weight is 407 g/mol. The van der Waals surface area contributed by atoms with E-state index in [1.807, 2.05) is 19.9 Å². The Labute approximate surface area is 175 Å². The summed E-state index contributed by atoms with van der Waals surface area (Å²) in [5.41, 5.74) is 1.45. The standard InChI is InChI=1S/C22H38N4O3/c1-5-23-21(25-16-22(4,27)17-26-11-14-28-15-12-26)24-10-7-13-29-20-18(2)8-6-9-19(20)3/h6,8-9,27H,5,7,10-17H2,1-4H3,(H2,23,24,25). The van der Waals surface area contributed by atoms with Gasteiger partial charge in [0.1, 0.15) is 5.75 Å². The zero-order chi connectivity index (χ0) is 21.1. The van der Waals surface area contributed by atoms with E-state index < -0.39 is 5.60 Å². The molecule has 0 amide bonds. The number of rotatable bonds is 10. The van der Waals surface area contributed by atoms with Gasteiger partial charge < -0.3 is 25.2 Å². The van der Waals surface area contributed by atoms with E-state index in [0.717, 1.165) is 68.6 Å². The van der Waals surface area contributed by atoms with Gasteiger partial charge in [0.15, 0.2) is 5.96 Å². The van der Waals surface area contributed by atoms with Gasteiger partial charge in [-0.3, -0.25) is 9.89 Å². The summed E-state index contributed by atoms with van der Waals surface area (Å²) in [6.07, 6.45) is 0.863. The Bertz CT molecular complexity index is 623. The number of β-amino-alcohol motifs (C(OH)–C–C–N with tert-alkyl or cyclic N) is 1. The number of nitrogens with zero attached hydrogens (tertiary/aromatic N) is 2. The van der Waals surface area contributed by atoms with E-state index in [4.69, 9.17) is 9.47 Å². The van der Waals surface area contributed by atoms with Crippen molar-refractivity contribution in [1.29, 1.82) is 0 Å². The maximum absolute atomic E-state index is 10.7. The lowest BCUT2D eigenvalue weighted by Crippen LogP contribution is -2.48. The molecule has 1 atom stereocenters. The molecule has 2 rings (SSSR count). The Hall–Kier alpha value is -1.83. The number of morpholine rings is 1. The molecular weight excluding hydrogens is 368 g/mol. The van der Waals surface area contributed by atoms with E-state index in [0.29, 0.717) is 19.7 Å². The number of guanidine groups is 1. The zero-order valence-corrected chi connectivity index (χ0v) is 18.5. The summed E-state index contributed by atoms with van der Waals surface area (Å²) in [6, 6.07) is 6.19. The second kappa shape index (κ2) is 12.0. The van der Waals surface area contributed by atoms with Gasteiger partial charge in [-0.25, -0.2) is 0 Å². The lowest BCUT2D eigenvalue weighted by Gasteiger charge is -2.33. The normalized spacial score (nSPS) is 17.6. The van der Waals surface area contributed by atoms with E-state index in [1.165, 1.54) is 0 Å². The van der Waals surface area contributed by atoms with Gasteiger partial charge in [0.05, 0.1) is 32.0 Å². The fraction of sp³-hybridized carbons (Fsp3) is 0.682. The molecule has 164 valence electrons. The van der Waals surface area contributed by atoms with Crippen LogP contribution in [0.2, 0.25) is 0 Å². The molecule has 0 saturated carbocycles. The van der Waals surface area contributed by atoms with Crippen LogP contribution in [0, 0.1) is 13.8 Å². The highest BCUT2D eigenvalue weighted by Crippen LogP contribution is 2.22.